The Bertz CT molecular complexity index is 1140. The summed E-state index contributed by atoms with van der Waals surface area (Å²) in [6.07, 6.45) is 0. The number of hydrogen-bond donors (Lipinski definition) is 1. The maximum Gasteiger partial charge on any atom is 0.348 e. The third-order valence-corrected chi connectivity index (χ3v) is 7.60. The Morgan fingerprint density at radius 3 is 2.55 bits per heavy atom. The van der Waals surface area contributed by atoms with Crippen LogP contribution in [0.2, 0.25) is 5.02 Å². The molecule has 0 radical (unpaired) electrons. The smallest absolute Gasteiger partial charge is 0.348 e. The molecule has 1 N–H and O–H groups in total. The first-order valence-corrected chi connectivity index (χ1v) is 12.3. The van der Waals surface area contributed by atoms with Crippen LogP contribution in [0.1, 0.15) is 39.4 Å². The van der Waals surface area contributed by atoms with Crippen molar-refractivity contribution >= 4 is 79.1 Å². The molecular formula is C20H19ClN2O5S3. The molecule has 0 unspecified atom stereocenters. The number of esters is 2. The SMILES string of the molecule is CCOC(=O)c1sc(NC(=O)CSc2nc3cc(Cl)ccc3s2)c(C(=O)OCC)c1C. The van der Waals surface area contributed by atoms with E-state index in [0.29, 0.717) is 10.6 Å². The number of hydrogen-bond acceptors (Lipinski definition) is 9. The van der Waals surface area contributed by atoms with Gasteiger partial charge in [-0.05, 0) is 44.5 Å². The Morgan fingerprint density at radius 2 is 1.84 bits per heavy atom. The maximum absolute atomic E-state index is 12.6. The third-order valence-electron chi connectivity index (χ3n) is 4.00. The van der Waals surface area contributed by atoms with Gasteiger partial charge in [0.15, 0.2) is 4.34 Å². The number of benzene rings is 1. The summed E-state index contributed by atoms with van der Waals surface area (Å²) in [5, 5.41) is 3.59. The predicted octanol–water partition coefficient (Wildman–Crippen LogP) is 5.40. The molecule has 0 bridgehead atoms. The second-order valence-corrected chi connectivity index (χ2v) is 9.84. The van der Waals surface area contributed by atoms with Crippen molar-refractivity contribution in [3.8, 4) is 0 Å². The molecule has 2 aromatic heterocycles. The number of thiazole rings is 1. The Balaban J connectivity index is 1.76. The lowest BCUT2D eigenvalue weighted by Crippen LogP contribution is -2.16. The van der Waals surface area contributed by atoms with Crippen molar-refractivity contribution < 1.29 is 23.9 Å². The molecule has 0 spiro atoms. The molecule has 0 aliphatic heterocycles. The lowest BCUT2D eigenvalue weighted by atomic mass is 10.1. The van der Waals surface area contributed by atoms with Crippen molar-refractivity contribution in [1.29, 1.82) is 0 Å². The highest BCUT2D eigenvalue weighted by Gasteiger charge is 2.27. The highest BCUT2D eigenvalue weighted by molar-refractivity contribution is 8.01. The summed E-state index contributed by atoms with van der Waals surface area (Å²) in [5.41, 5.74) is 1.37. The number of fused-ring (bicyclic) bond motifs is 1. The Labute approximate surface area is 196 Å². The number of aromatic nitrogens is 1. The van der Waals surface area contributed by atoms with E-state index in [2.05, 4.69) is 10.3 Å². The quantitative estimate of drug-likeness (QED) is 0.328. The number of thiophene rings is 1. The zero-order chi connectivity index (χ0) is 22.5. The molecule has 2 heterocycles. The van der Waals surface area contributed by atoms with Crippen LogP contribution in [-0.2, 0) is 14.3 Å². The summed E-state index contributed by atoms with van der Waals surface area (Å²) in [7, 11) is 0. The number of amides is 1. The molecule has 1 aromatic carbocycles. The highest BCUT2D eigenvalue weighted by Crippen LogP contribution is 2.35. The molecule has 11 heteroatoms. The van der Waals surface area contributed by atoms with Gasteiger partial charge in [-0.25, -0.2) is 14.6 Å². The molecule has 3 rings (SSSR count). The van der Waals surface area contributed by atoms with Gasteiger partial charge >= 0.3 is 11.9 Å². The van der Waals surface area contributed by atoms with Gasteiger partial charge in [0, 0.05) is 5.02 Å². The van der Waals surface area contributed by atoms with E-state index >= 15 is 0 Å². The summed E-state index contributed by atoms with van der Waals surface area (Å²) in [5.74, 6) is -1.39. The van der Waals surface area contributed by atoms with Gasteiger partial charge in [-0.2, -0.15) is 0 Å². The van der Waals surface area contributed by atoms with Crippen LogP contribution in [0.4, 0.5) is 5.00 Å². The first kappa shape index (κ1) is 23.5. The first-order valence-electron chi connectivity index (χ1n) is 9.30. The number of nitrogens with zero attached hydrogens (tertiary/aromatic N) is 1. The van der Waals surface area contributed by atoms with Gasteiger partial charge in [0.05, 0.1) is 34.7 Å². The second-order valence-electron chi connectivity index (χ2n) is 6.13. The zero-order valence-corrected chi connectivity index (χ0v) is 20.1. The van der Waals surface area contributed by atoms with Gasteiger partial charge in [-0.15, -0.1) is 22.7 Å². The van der Waals surface area contributed by atoms with E-state index in [-0.39, 0.29) is 40.3 Å². The fraction of sp³-hybridized carbons (Fsp3) is 0.300. The monoisotopic (exact) mass is 498 g/mol. The average molecular weight is 499 g/mol. The zero-order valence-electron chi connectivity index (χ0n) is 16.9. The van der Waals surface area contributed by atoms with Crippen LogP contribution in [0.5, 0.6) is 0 Å². The van der Waals surface area contributed by atoms with Crippen molar-refractivity contribution in [3.63, 3.8) is 0 Å². The number of ether oxygens (including phenoxy) is 2. The number of nitrogens with one attached hydrogen (secondary N) is 1. The second kappa shape index (κ2) is 10.4. The molecule has 0 atom stereocenters. The lowest BCUT2D eigenvalue weighted by molar-refractivity contribution is -0.113. The molecule has 1 amide bonds. The number of anilines is 1. The average Bonchev–Trinajstić information content (AvgIpc) is 3.26. The van der Waals surface area contributed by atoms with Gasteiger partial charge in [0.1, 0.15) is 9.88 Å². The number of halogens is 1. The molecule has 0 aliphatic rings. The lowest BCUT2D eigenvalue weighted by Gasteiger charge is -2.06. The van der Waals surface area contributed by atoms with Crippen LogP contribution < -0.4 is 5.32 Å². The van der Waals surface area contributed by atoms with Gasteiger partial charge in [0.2, 0.25) is 5.91 Å². The van der Waals surface area contributed by atoms with Crippen LogP contribution in [0.15, 0.2) is 22.5 Å². The van der Waals surface area contributed by atoms with Gasteiger partial charge in [-0.3, -0.25) is 4.79 Å². The minimum absolute atomic E-state index is 0.0848. The van der Waals surface area contributed by atoms with Crippen molar-refractivity contribution in [2.45, 2.75) is 25.1 Å². The highest BCUT2D eigenvalue weighted by atomic mass is 35.5. The van der Waals surface area contributed by atoms with Gasteiger partial charge in [-0.1, -0.05) is 23.4 Å². The molecule has 3 aromatic rings. The van der Waals surface area contributed by atoms with E-state index in [1.54, 1.807) is 32.9 Å². The Morgan fingerprint density at radius 1 is 1.13 bits per heavy atom. The Hall–Kier alpha value is -2.14. The molecule has 7 nitrogen and oxygen atoms in total. The summed E-state index contributed by atoms with van der Waals surface area (Å²) in [6, 6.07) is 5.45. The number of carbonyl (C=O) groups excluding carboxylic acids is 3. The van der Waals surface area contributed by atoms with Crippen LogP contribution in [0, 0.1) is 6.92 Å². The maximum atomic E-state index is 12.6. The number of carbonyl (C=O) groups is 3. The number of thioether (sulfide) groups is 1. The summed E-state index contributed by atoms with van der Waals surface area (Å²) in [4.78, 5) is 41.9. The predicted molar refractivity (Wildman–Crippen MR) is 125 cm³/mol. The molecule has 0 saturated carbocycles. The van der Waals surface area contributed by atoms with E-state index in [9.17, 15) is 14.4 Å². The topological polar surface area (TPSA) is 94.6 Å². The van der Waals surface area contributed by atoms with Gasteiger partial charge in [0.25, 0.3) is 0 Å². The van der Waals surface area contributed by atoms with Gasteiger partial charge < -0.3 is 14.8 Å². The van der Waals surface area contributed by atoms with Crippen molar-refractivity contribution in [3.05, 3.63) is 39.2 Å². The summed E-state index contributed by atoms with van der Waals surface area (Å²) in [6.45, 7) is 5.39. The summed E-state index contributed by atoms with van der Waals surface area (Å²) < 4.78 is 11.9. The molecule has 31 heavy (non-hydrogen) atoms. The number of rotatable bonds is 8. The van der Waals surface area contributed by atoms with Crippen molar-refractivity contribution in [1.82, 2.24) is 4.98 Å². The third kappa shape index (κ3) is 5.57. The van der Waals surface area contributed by atoms with E-state index in [0.717, 1.165) is 25.9 Å². The van der Waals surface area contributed by atoms with E-state index in [4.69, 9.17) is 21.1 Å². The van der Waals surface area contributed by atoms with E-state index in [1.165, 1.54) is 23.1 Å². The van der Waals surface area contributed by atoms with Crippen molar-refractivity contribution in [2.24, 2.45) is 0 Å². The molecule has 0 fully saturated rings. The standard InChI is InChI=1S/C20H19ClN2O5S3/c1-4-27-18(25)15-10(3)16(19(26)28-5-2)31-17(15)23-14(24)9-29-20-22-12-8-11(21)6-7-13(12)30-20/h6-8H,4-5,9H2,1-3H3,(H,23,24). The van der Waals surface area contributed by atoms with Crippen LogP contribution in [0.3, 0.4) is 0 Å². The van der Waals surface area contributed by atoms with Crippen molar-refractivity contribution in [2.75, 3.05) is 24.3 Å². The van der Waals surface area contributed by atoms with E-state index < -0.39 is 11.9 Å². The van der Waals surface area contributed by atoms with Crippen LogP contribution >= 0.6 is 46.0 Å². The minimum atomic E-state index is -0.599. The van der Waals surface area contributed by atoms with Crippen LogP contribution in [-0.4, -0.2) is 41.8 Å². The molecule has 164 valence electrons. The fourth-order valence-electron chi connectivity index (χ4n) is 2.67. The molecule has 0 saturated heterocycles. The normalized spacial score (nSPS) is 10.8. The Kier molecular flexibility index (Phi) is 7.93. The largest absolute Gasteiger partial charge is 0.462 e. The van der Waals surface area contributed by atoms with Crippen LogP contribution in [0.25, 0.3) is 10.2 Å². The fourth-order valence-corrected chi connectivity index (χ4v) is 5.79. The minimum Gasteiger partial charge on any atom is -0.462 e. The molecule has 0 aliphatic carbocycles. The van der Waals surface area contributed by atoms with E-state index in [1.807, 2.05) is 6.07 Å². The molecular weight excluding hydrogens is 480 g/mol. The summed E-state index contributed by atoms with van der Waals surface area (Å²) >= 11 is 9.73. The first-order chi connectivity index (χ1) is 14.8.